The van der Waals surface area contributed by atoms with E-state index < -0.39 is 11.3 Å². The van der Waals surface area contributed by atoms with E-state index in [0.29, 0.717) is 5.82 Å². The topological polar surface area (TPSA) is 105 Å². The Morgan fingerprint density at radius 2 is 1.96 bits per heavy atom. The number of carbonyl (C=O) groups excluding carboxylic acids is 1. The molecule has 0 atom stereocenters. The smallest absolute Gasteiger partial charge is 0.253 e. The molecule has 0 saturated heterocycles. The van der Waals surface area contributed by atoms with E-state index in [-0.39, 0.29) is 0 Å². The zero-order chi connectivity index (χ0) is 18.0. The summed E-state index contributed by atoms with van der Waals surface area (Å²) in [6.07, 6.45) is 3.24. The molecule has 0 fully saturated rings. The highest BCUT2D eigenvalue weighted by Gasteiger charge is 2.29. The van der Waals surface area contributed by atoms with Gasteiger partial charge in [-0.15, -0.1) is 0 Å². The number of hydrogen-bond donors (Lipinski definition) is 3. The Balaban J connectivity index is 1.87. The van der Waals surface area contributed by atoms with Crippen LogP contribution in [0.4, 0.5) is 11.5 Å². The van der Waals surface area contributed by atoms with Crippen molar-refractivity contribution in [2.24, 2.45) is 0 Å². The molecule has 1 aromatic carbocycles. The number of aryl methyl sites for hydroxylation is 1. The van der Waals surface area contributed by atoms with Gasteiger partial charge in [-0.1, -0.05) is 12.1 Å². The third kappa shape index (κ3) is 3.03. The number of nitrogens with zero attached hydrogens (tertiary/aromatic N) is 4. The van der Waals surface area contributed by atoms with Crippen LogP contribution in [0.5, 0.6) is 0 Å². The molecule has 0 aliphatic rings. The highest BCUT2D eigenvalue weighted by molar-refractivity contribution is 5.88. The summed E-state index contributed by atoms with van der Waals surface area (Å²) in [5, 5.41) is 17.3. The van der Waals surface area contributed by atoms with Crippen molar-refractivity contribution in [3.05, 3.63) is 42.4 Å². The number of benzene rings is 1. The fourth-order valence-electron chi connectivity index (χ4n) is 2.60. The molecule has 0 saturated carbocycles. The van der Waals surface area contributed by atoms with Gasteiger partial charge in [-0.05, 0) is 38.5 Å². The summed E-state index contributed by atoms with van der Waals surface area (Å²) in [6.45, 7) is 6.23. The highest BCUT2D eigenvalue weighted by atomic mass is 16.5. The molecular formula is C17H20N6O2. The summed E-state index contributed by atoms with van der Waals surface area (Å²) in [5.41, 5.74) is 3.26. The van der Waals surface area contributed by atoms with E-state index in [1.807, 2.05) is 31.2 Å². The van der Waals surface area contributed by atoms with Crippen molar-refractivity contribution in [1.82, 2.24) is 25.2 Å². The van der Waals surface area contributed by atoms with Crippen LogP contribution in [0, 0.1) is 0 Å². The second kappa shape index (κ2) is 6.48. The Kier molecular flexibility index (Phi) is 4.37. The van der Waals surface area contributed by atoms with E-state index in [1.54, 1.807) is 30.2 Å². The summed E-state index contributed by atoms with van der Waals surface area (Å²) < 4.78 is 1.81. The summed E-state index contributed by atoms with van der Waals surface area (Å²) in [5.74, 6) is 0.211. The lowest BCUT2D eigenvalue weighted by Crippen LogP contribution is -2.38. The maximum Gasteiger partial charge on any atom is 0.253 e. The molecule has 25 heavy (non-hydrogen) atoms. The molecule has 0 bridgehead atoms. The van der Waals surface area contributed by atoms with E-state index in [2.05, 4.69) is 20.4 Å². The van der Waals surface area contributed by atoms with Gasteiger partial charge in [0.2, 0.25) is 0 Å². The first-order chi connectivity index (χ1) is 12.0. The summed E-state index contributed by atoms with van der Waals surface area (Å²) in [4.78, 5) is 20.3. The van der Waals surface area contributed by atoms with E-state index >= 15 is 0 Å². The number of amides is 1. The average Bonchev–Trinajstić information content (AvgIpc) is 3.05. The zero-order valence-corrected chi connectivity index (χ0v) is 14.3. The summed E-state index contributed by atoms with van der Waals surface area (Å²) in [6, 6.07) is 7.40. The van der Waals surface area contributed by atoms with E-state index in [0.717, 1.165) is 28.8 Å². The molecule has 2 aromatic heterocycles. The minimum atomic E-state index is -0.836. The van der Waals surface area contributed by atoms with E-state index in [9.17, 15) is 4.79 Å². The SMILES string of the molecule is CCn1ncc2c(Nc3ccc(C(C)(C)C(=O)NO)cc3)ncnc21. The monoisotopic (exact) mass is 340 g/mol. The van der Waals surface area contributed by atoms with Gasteiger partial charge in [0, 0.05) is 12.2 Å². The molecule has 1 amide bonds. The Bertz CT molecular complexity index is 901. The molecule has 130 valence electrons. The molecule has 8 heteroatoms. The van der Waals surface area contributed by atoms with Crippen molar-refractivity contribution in [3.8, 4) is 0 Å². The van der Waals surface area contributed by atoms with Crippen molar-refractivity contribution >= 4 is 28.4 Å². The van der Waals surface area contributed by atoms with Gasteiger partial charge in [0.1, 0.15) is 12.1 Å². The van der Waals surface area contributed by atoms with Gasteiger partial charge >= 0.3 is 0 Å². The van der Waals surface area contributed by atoms with E-state index in [1.165, 1.54) is 6.33 Å². The summed E-state index contributed by atoms with van der Waals surface area (Å²) >= 11 is 0. The lowest BCUT2D eigenvalue weighted by Gasteiger charge is -2.22. The molecule has 0 aliphatic carbocycles. The van der Waals surface area contributed by atoms with Crippen LogP contribution in [0.15, 0.2) is 36.8 Å². The maximum absolute atomic E-state index is 11.8. The second-order valence-electron chi connectivity index (χ2n) is 6.19. The lowest BCUT2D eigenvalue weighted by atomic mass is 9.84. The number of nitrogens with one attached hydrogen (secondary N) is 2. The van der Waals surface area contributed by atoms with Gasteiger partial charge in [0.25, 0.3) is 5.91 Å². The highest BCUT2D eigenvalue weighted by Crippen LogP contribution is 2.27. The van der Waals surface area contributed by atoms with E-state index in [4.69, 9.17) is 5.21 Å². The number of fused-ring (bicyclic) bond motifs is 1. The third-order valence-corrected chi connectivity index (χ3v) is 4.27. The van der Waals surface area contributed by atoms with Crippen LogP contribution in [0.2, 0.25) is 0 Å². The first kappa shape index (κ1) is 16.8. The minimum absolute atomic E-state index is 0.460. The van der Waals surface area contributed by atoms with Crippen LogP contribution in [0.25, 0.3) is 11.0 Å². The third-order valence-electron chi connectivity index (χ3n) is 4.27. The van der Waals surface area contributed by atoms with Crippen molar-refractivity contribution in [2.45, 2.75) is 32.7 Å². The number of anilines is 2. The Hall–Kier alpha value is -3.00. The van der Waals surface area contributed by atoms with Gasteiger partial charge in [0.15, 0.2) is 5.65 Å². The van der Waals surface area contributed by atoms with Gasteiger partial charge in [-0.25, -0.2) is 20.1 Å². The van der Waals surface area contributed by atoms with Crippen molar-refractivity contribution in [2.75, 3.05) is 5.32 Å². The fourth-order valence-corrected chi connectivity index (χ4v) is 2.60. The molecule has 3 aromatic rings. The van der Waals surface area contributed by atoms with Crippen molar-refractivity contribution in [1.29, 1.82) is 0 Å². The first-order valence-electron chi connectivity index (χ1n) is 7.96. The van der Waals surface area contributed by atoms with Crippen LogP contribution < -0.4 is 10.8 Å². The number of hydrogen-bond acceptors (Lipinski definition) is 6. The zero-order valence-electron chi connectivity index (χ0n) is 14.3. The second-order valence-corrected chi connectivity index (χ2v) is 6.19. The fraction of sp³-hybridized carbons (Fsp3) is 0.294. The molecule has 3 N–H and O–H groups in total. The Morgan fingerprint density at radius 1 is 1.24 bits per heavy atom. The van der Waals surface area contributed by atoms with Crippen LogP contribution in [-0.2, 0) is 16.8 Å². The van der Waals surface area contributed by atoms with Gasteiger partial charge < -0.3 is 5.32 Å². The maximum atomic E-state index is 11.8. The van der Waals surface area contributed by atoms with Gasteiger partial charge in [-0.2, -0.15) is 5.10 Å². The lowest BCUT2D eigenvalue weighted by molar-refractivity contribution is -0.134. The molecule has 8 nitrogen and oxygen atoms in total. The number of rotatable bonds is 5. The normalized spacial score (nSPS) is 11.5. The predicted octanol–water partition coefficient (Wildman–Crippen LogP) is 2.37. The minimum Gasteiger partial charge on any atom is -0.340 e. The van der Waals surface area contributed by atoms with Crippen molar-refractivity contribution in [3.63, 3.8) is 0 Å². The molecular weight excluding hydrogens is 320 g/mol. The number of hydroxylamine groups is 1. The number of carbonyl (C=O) groups is 1. The first-order valence-corrected chi connectivity index (χ1v) is 7.96. The van der Waals surface area contributed by atoms with Crippen LogP contribution in [0.3, 0.4) is 0 Å². The van der Waals surface area contributed by atoms with Crippen LogP contribution in [0.1, 0.15) is 26.3 Å². The summed E-state index contributed by atoms with van der Waals surface area (Å²) in [7, 11) is 0. The quantitative estimate of drug-likeness (QED) is 0.486. The molecule has 0 unspecified atom stereocenters. The van der Waals surface area contributed by atoms with Crippen LogP contribution >= 0.6 is 0 Å². The molecule has 0 spiro atoms. The van der Waals surface area contributed by atoms with Gasteiger partial charge in [0.05, 0.1) is 17.0 Å². The Morgan fingerprint density at radius 3 is 2.60 bits per heavy atom. The average molecular weight is 340 g/mol. The molecule has 0 aliphatic heterocycles. The molecule has 0 radical (unpaired) electrons. The number of aromatic nitrogens is 4. The molecule has 2 heterocycles. The van der Waals surface area contributed by atoms with Crippen molar-refractivity contribution < 1.29 is 10.0 Å². The van der Waals surface area contributed by atoms with Gasteiger partial charge in [-0.3, -0.25) is 10.0 Å². The largest absolute Gasteiger partial charge is 0.340 e. The standard InChI is InChI=1S/C17H20N6O2/c1-4-23-15-13(9-20-23)14(18-10-19-15)21-12-7-5-11(6-8-12)17(2,3)16(24)22-25/h5-10,25H,4H2,1-3H3,(H,22,24)(H,18,19,21). The van der Waals surface area contributed by atoms with Crippen LogP contribution in [-0.4, -0.2) is 30.9 Å². The molecule has 3 rings (SSSR count). The predicted molar refractivity (Wildman–Crippen MR) is 93.7 cm³/mol. The Labute approximate surface area is 144 Å².